The predicted octanol–water partition coefficient (Wildman–Crippen LogP) is 1.86. The summed E-state index contributed by atoms with van der Waals surface area (Å²) in [6.07, 6.45) is 1.49. The van der Waals surface area contributed by atoms with Crippen LogP contribution < -0.4 is 10.1 Å². The smallest absolute Gasteiger partial charge is 0.310 e. The quantitative estimate of drug-likeness (QED) is 0.459. The van der Waals surface area contributed by atoms with Gasteiger partial charge in [-0.2, -0.15) is 0 Å². The Hall–Kier alpha value is -1.31. The molecule has 0 saturated carbocycles. The molecule has 1 aromatic rings. The number of halogens is 2. The lowest BCUT2D eigenvalue weighted by Crippen LogP contribution is -2.17. The summed E-state index contributed by atoms with van der Waals surface area (Å²) in [6, 6.07) is 4.37. The van der Waals surface area contributed by atoms with Crippen molar-refractivity contribution < 1.29 is 22.7 Å². The van der Waals surface area contributed by atoms with Crippen molar-refractivity contribution in [1.29, 1.82) is 0 Å². The summed E-state index contributed by atoms with van der Waals surface area (Å²) in [4.78, 5) is 21.7. The highest BCUT2D eigenvalue weighted by Gasteiger charge is 2.11. The Morgan fingerprint density at radius 2 is 2.00 bits per heavy atom. The standard InChI is InChI=1S/C12H13Cl2NO5S/c1-21(18,19)6-2-5-20-10-4-3-8(7-9(10)13)15-12(17)11(14)16/h3-4,7H,2,5-6H2,1H3,(H,15,17). The molecule has 0 spiro atoms. The molecular weight excluding hydrogens is 341 g/mol. The van der Waals surface area contributed by atoms with Gasteiger partial charge in [0.2, 0.25) is 0 Å². The highest BCUT2D eigenvalue weighted by Crippen LogP contribution is 2.27. The second-order valence-corrected chi connectivity index (χ2v) is 7.22. The topological polar surface area (TPSA) is 89.5 Å². The molecule has 0 fully saturated rings. The van der Waals surface area contributed by atoms with Crippen molar-refractivity contribution in [2.24, 2.45) is 0 Å². The van der Waals surface area contributed by atoms with Gasteiger partial charge in [0.05, 0.1) is 17.4 Å². The molecule has 1 amide bonds. The van der Waals surface area contributed by atoms with Crippen molar-refractivity contribution in [2.75, 3.05) is 23.9 Å². The van der Waals surface area contributed by atoms with Crippen molar-refractivity contribution in [3.05, 3.63) is 23.2 Å². The number of benzene rings is 1. The zero-order valence-corrected chi connectivity index (χ0v) is 13.4. The first-order valence-electron chi connectivity index (χ1n) is 5.80. The summed E-state index contributed by atoms with van der Waals surface area (Å²) < 4.78 is 27.2. The fourth-order valence-electron chi connectivity index (χ4n) is 1.38. The fraction of sp³-hybridized carbons (Fsp3) is 0.333. The van der Waals surface area contributed by atoms with Gasteiger partial charge in [-0.15, -0.1) is 0 Å². The number of ether oxygens (including phenoxy) is 1. The maximum Gasteiger partial charge on any atom is 0.310 e. The van der Waals surface area contributed by atoms with Gasteiger partial charge in [0.25, 0.3) is 0 Å². The third kappa shape index (κ3) is 6.79. The van der Waals surface area contributed by atoms with Gasteiger partial charge in [-0.05, 0) is 36.2 Å². The van der Waals surface area contributed by atoms with Gasteiger partial charge in [-0.25, -0.2) is 8.42 Å². The Balaban J connectivity index is 2.58. The van der Waals surface area contributed by atoms with Crippen LogP contribution in [0.15, 0.2) is 18.2 Å². The number of carbonyl (C=O) groups excluding carboxylic acids is 2. The number of hydrogen-bond donors (Lipinski definition) is 1. The molecule has 1 N–H and O–H groups in total. The highest BCUT2D eigenvalue weighted by molar-refractivity contribution is 7.90. The third-order valence-corrected chi connectivity index (χ3v) is 3.78. The minimum absolute atomic E-state index is 0.0244. The van der Waals surface area contributed by atoms with Crippen LogP contribution in [-0.4, -0.2) is 38.2 Å². The molecule has 21 heavy (non-hydrogen) atoms. The molecule has 6 nitrogen and oxygen atoms in total. The van der Waals surface area contributed by atoms with E-state index in [1.807, 2.05) is 0 Å². The van der Waals surface area contributed by atoms with Crippen molar-refractivity contribution in [3.8, 4) is 5.75 Å². The van der Waals surface area contributed by atoms with E-state index in [2.05, 4.69) is 5.32 Å². The molecule has 0 unspecified atom stereocenters. The first-order valence-corrected chi connectivity index (χ1v) is 8.61. The summed E-state index contributed by atoms with van der Waals surface area (Å²) in [7, 11) is -3.02. The van der Waals surface area contributed by atoms with Crippen LogP contribution in [0.5, 0.6) is 5.75 Å². The van der Waals surface area contributed by atoms with E-state index in [1.165, 1.54) is 18.2 Å². The molecule has 1 aromatic carbocycles. The maximum atomic E-state index is 11.1. The van der Waals surface area contributed by atoms with E-state index in [0.717, 1.165) is 6.26 Å². The Labute approximate surface area is 132 Å². The lowest BCUT2D eigenvalue weighted by atomic mass is 10.3. The molecule has 0 atom stereocenters. The molecular formula is C12H13Cl2NO5S. The maximum absolute atomic E-state index is 11.1. The van der Waals surface area contributed by atoms with E-state index in [4.69, 9.17) is 27.9 Å². The summed E-state index contributed by atoms with van der Waals surface area (Å²) in [5.41, 5.74) is 0.294. The van der Waals surface area contributed by atoms with Gasteiger partial charge in [0.1, 0.15) is 15.6 Å². The third-order valence-electron chi connectivity index (χ3n) is 2.29. The minimum Gasteiger partial charge on any atom is -0.492 e. The molecule has 0 aromatic heterocycles. The van der Waals surface area contributed by atoms with Crippen molar-refractivity contribution in [3.63, 3.8) is 0 Å². The molecule has 0 bridgehead atoms. The van der Waals surface area contributed by atoms with Gasteiger partial charge in [0, 0.05) is 11.9 Å². The second-order valence-electron chi connectivity index (χ2n) is 4.20. The Kier molecular flexibility index (Phi) is 6.44. The first kappa shape index (κ1) is 17.7. The summed E-state index contributed by atoms with van der Waals surface area (Å²) in [6.45, 7) is 0.193. The number of carbonyl (C=O) groups is 2. The van der Waals surface area contributed by atoms with Crippen LogP contribution >= 0.6 is 23.2 Å². The SMILES string of the molecule is CS(=O)(=O)CCCOc1ccc(NC(=O)C(=O)Cl)cc1Cl. The number of sulfone groups is 1. The molecule has 9 heteroatoms. The largest absolute Gasteiger partial charge is 0.492 e. The molecule has 0 aliphatic heterocycles. The van der Waals surface area contributed by atoms with Crippen LogP contribution in [-0.2, 0) is 19.4 Å². The average Bonchev–Trinajstić information content (AvgIpc) is 2.35. The van der Waals surface area contributed by atoms with Crippen LogP contribution in [0.25, 0.3) is 0 Å². The molecule has 0 aliphatic carbocycles. The second kappa shape index (κ2) is 7.63. The first-order chi connectivity index (χ1) is 9.69. The van der Waals surface area contributed by atoms with E-state index in [9.17, 15) is 18.0 Å². The number of nitrogens with one attached hydrogen (secondary N) is 1. The Morgan fingerprint density at radius 3 is 2.52 bits per heavy atom. The average molecular weight is 354 g/mol. The van der Waals surface area contributed by atoms with Crippen molar-refractivity contribution >= 4 is 49.9 Å². The van der Waals surface area contributed by atoms with E-state index in [-0.39, 0.29) is 17.4 Å². The molecule has 0 heterocycles. The zero-order valence-electron chi connectivity index (χ0n) is 11.1. The van der Waals surface area contributed by atoms with Crippen LogP contribution in [0, 0.1) is 0 Å². The summed E-state index contributed by atoms with van der Waals surface area (Å²) >= 11 is 11.0. The predicted molar refractivity (Wildman–Crippen MR) is 80.8 cm³/mol. The van der Waals surface area contributed by atoms with Crippen molar-refractivity contribution in [2.45, 2.75) is 6.42 Å². The van der Waals surface area contributed by atoms with Crippen LogP contribution in [0.3, 0.4) is 0 Å². The van der Waals surface area contributed by atoms with Gasteiger partial charge >= 0.3 is 11.1 Å². The van der Waals surface area contributed by atoms with Crippen LogP contribution in [0.4, 0.5) is 5.69 Å². The van der Waals surface area contributed by atoms with Gasteiger partial charge < -0.3 is 10.1 Å². The summed E-state index contributed by atoms with van der Waals surface area (Å²) in [5.74, 6) is -0.591. The van der Waals surface area contributed by atoms with Gasteiger partial charge in [0.15, 0.2) is 0 Å². The van der Waals surface area contributed by atoms with Crippen molar-refractivity contribution in [1.82, 2.24) is 0 Å². The fourth-order valence-corrected chi connectivity index (χ4v) is 2.30. The molecule has 0 aliphatic rings. The molecule has 116 valence electrons. The lowest BCUT2D eigenvalue weighted by molar-refractivity contribution is -0.130. The Morgan fingerprint density at radius 1 is 1.33 bits per heavy atom. The number of rotatable bonds is 7. The van der Waals surface area contributed by atoms with E-state index in [0.29, 0.717) is 17.9 Å². The number of hydrogen-bond acceptors (Lipinski definition) is 5. The van der Waals surface area contributed by atoms with E-state index >= 15 is 0 Å². The number of anilines is 1. The van der Waals surface area contributed by atoms with E-state index < -0.39 is 21.0 Å². The van der Waals surface area contributed by atoms with Crippen LogP contribution in [0.2, 0.25) is 5.02 Å². The molecule has 1 rings (SSSR count). The minimum atomic E-state index is -3.02. The van der Waals surface area contributed by atoms with Crippen LogP contribution in [0.1, 0.15) is 6.42 Å². The molecule has 0 saturated heterocycles. The normalized spacial score (nSPS) is 11.0. The molecule has 0 radical (unpaired) electrons. The summed E-state index contributed by atoms with van der Waals surface area (Å²) in [5, 5.41) is 1.34. The lowest BCUT2D eigenvalue weighted by Gasteiger charge is -2.09. The Bertz CT molecular complexity index is 645. The highest BCUT2D eigenvalue weighted by atomic mass is 35.5. The van der Waals surface area contributed by atoms with E-state index in [1.54, 1.807) is 0 Å². The zero-order chi connectivity index (χ0) is 16.0. The van der Waals surface area contributed by atoms with Gasteiger partial charge in [-0.3, -0.25) is 9.59 Å². The van der Waals surface area contributed by atoms with Gasteiger partial charge in [-0.1, -0.05) is 11.6 Å². The monoisotopic (exact) mass is 353 g/mol. The number of amides is 1.